The number of hydrogen-bond donors (Lipinski definition) is 1. The molecule has 0 aliphatic carbocycles. The second-order valence-electron chi connectivity index (χ2n) is 5.26. The molecule has 0 aliphatic heterocycles. The SMILES string of the molecule is CC(C)CSc1nnc(NC(=O)C(C)Oc2ccccc2Cl)s1. The molecule has 0 bridgehead atoms. The molecule has 1 amide bonds. The highest BCUT2D eigenvalue weighted by molar-refractivity contribution is 8.01. The number of nitrogens with one attached hydrogen (secondary N) is 1. The molecule has 1 aromatic carbocycles. The first kappa shape index (κ1) is 18.0. The number of nitrogens with zero attached hydrogens (tertiary/aromatic N) is 2. The molecule has 0 radical (unpaired) electrons. The standard InChI is InChI=1S/C15H18ClN3O2S2/c1-9(2)8-22-15-19-18-14(23-15)17-13(20)10(3)21-12-7-5-4-6-11(12)16/h4-7,9-10H,8H2,1-3H3,(H,17,18,20). The van der Waals surface area contributed by atoms with E-state index in [0.717, 1.165) is 10.1 Å². The predicted molar refractivity (Wildman–Crippen MR) is 95.6 cm³/mol. The number of carbonyl (C=O) groups is 1. The largest absolute Gasteiger partial charge is 0.479 e. The van der Waals surface area contributed by atoms with Crippen LogP contribution in [0.15, 0.2) is 28.6 Å². The fourth-order valence-corrected chi connectivity index (χ4v) is 3.46. The summed E-state index contributed by atoms with van der Waals surface area (Å²) in [5, 5.41) is 11.7. The van der Waals surface area contributed by atoms with E-state index in [0.29, 0.717) is 21.8 Å². The molecule has 2 rings (SSSR count). The van der Waals surface area contributed by atoms with Crippen molar-refractivity contribution in [2.75, 3.05) is 11.1 Å². The number of thioether (sulfide) groups is 1. The van der Waals surface area contributed by atoms with Crippen LogP contribution >= 0.6 is 34.7 Å². The summed E-state index contributed by atoms with van der Waals surface area (Å²) in [5.41, 5.74) is 0. The van der Waals surface area contributed by atoms with Gasteiger partial charge in [0.15, 0.2) is 10.4 Å². The molecule has 0 spiro atoms. The Labute approximate surface area is 148 Å². The van der Waals surface area contributed by atoms with E-state index in [-0.39, 0.29) is 5.91 Å². The van der Waals surface area contributed by atoms with Gasteiger partial charge >= 0.3 is 0 Å². The topological polar surface area (TPSA) is 64.1 Å². The van der Waals surface area contributed by atoms with Crippen LogP contribution in [0.25, 0.3) is 0 Å². The lowest BCUT2D eigenvalue weighted by Crippen LogP contribution is -2.30. The Kier molecular flexibility index (Phi) is 6.68. The molecular weight excluding hydrogens is 354 g/mol. The molecule has 1 heterocycles. The van der Waals surface area contributed by atoms with E-state index in [1.807, 2.05) is 0 Å². The third-order valence-corrected chi connectivity index (χ3v) is 5.40. The summed E-state index contributed by atoms with van der Waals surface area (Å²) in [6.07, 6.45) is -0.689. The van der Waals surface area contributed by atoms with E-state index in [1.54, 1.807) is 43.0 Å². The summed E-state index contributed by atoms with van der Waals surface area (Å²) < 4.78 is 6.41. The lowest BCUT2D eigenvalue weighted by atomic mass is 10.3. The number of anilines is 1. The van der Waals surface area contributed by atoms with Crippen LogP contribution in [0.3, 0.4) is 0 Å². The molecule has 0 saturated carbocycles. The number of benzene rings is 1. The second-order valence-corrected chi connectivity index (χ2v) is 7.91. The Morgan fingerprint density at radius 3 is 2.78 bits per heavy atom. The first-order chi connectivity index (χ1) is 11.0. The Bertz CT molecular complexity index is 664. The summed E-state index contributed by atoms with van der Waals surface area (Å²) in [6.45, 7) is 5.95. The molecule has 2 aromatic rings. The fraction of sp³-hybridized carbons (Fsp3) is 0.400. The highest BCUT2D eigenvalue weighted by Crippen LogP contribution is 2.27. The third kappa shape index (κ3) is 5.67. The molecule has 0 saturated heterocycles. The van der Waals surface area contributed by atoms with Gasteiger partial charge < -0.3 is 4.74 Å². The monoisotopic (exact) mass is 371 g/mol. The molecule has 5 nitrogen and oxygen atoms in total. The number of carbonyl (C=O) groups excluding carboxylic acids is 1. The van der Waals surface area contributed by atoms with Crippen molar-refractivity contribution in [1.82, 2.24) is 10.2 Å². The van der Waals surface area contributed by atoms with E-state index in [2.05, 4.69) is 29.4 Å². The Morgan fingerprint density at radius 2 is 2.09 bits per heavy atom. The molecular formula is C15H18ClN3O2S2. The van der Waals surface area contributed by atoms with Crippen LogP contribution in [0.4, 0.5) is 5.13 Å². The molecule has 0 fully saturated rings. The third-order valence-electron chi connectivity index (χ3n) is 2.69. The van der Waals surface area contributed by atoms with Gasteiger partial charge in [-0.05, 0) is 25.0 Å². The number of amides is 1. The molecule has 1 atom stereocenters. The summed E-state index contributed by atoms with van der Waals surface area (Å²) >= 11 is 9.01. The summed E-state index contributed by atoms with van der Waals surface area (Å²) in [7, 11) is 0. The fourth-order valence-electron chi connectivity index (χ4n) is 1.55. The lowest BCUT2D eigenvalue weighted by Gasteiger charge is -2.14. The Morgan fingerprint density at radius 1 is 1.35 bits per heavy atom. The van der Waals surface area contributed by atoms with E-state index in [4.69, 9.17) is 16.3 Å². The molecule has 1 aromatic heterocycles. The number of halogens is 1. The van der Waals surface area contributed by atoms with Crippen molar-refractivity contribution < 1.29 is 9.53 Å². The van der Waals surface area contributed by atoms with Crippen LogP contribution in [0, 0.1) is 5.92 Å². The highest BCUT2D eigenvalue weighted by Gasteiger charge is 2.18. The summed E-state index contributed by atoms with van der Waals surface area (Å²) in [6, 6.07) is 7.04. The predicted octanol–water partition coefficient (Wildman–Crippen LogP) is 4.35. The van der Waals surface area contributed by atoms with Crippen LogP contribution in [-0.4, -0.2) is 28.0 Å². The van der Waals surface area contributed by atoms with Gasteiger partial charge in [-0.3, -0.25) is 10.1 Å². The second kappa shape index (κ2) is 8.52. The van der Waals surface area contributed by atoms with Crippen LogP contribution < -0.4 is 10.1 Å². The summed E-state index contributed by atoms with van der Waals surface area (Å²) in [5.74, 6) is 1.73. The molecule has 1 N–H and O–H groups in total. The van der Waals surface area contributed by atoms with Crippen LogP contribution in [0.5, 0.6) is 5.75 Å². The zero-order chi connectivity index (χ0) is 16.8. The van der Waals surface area contributed by atoms with Gasteiger partial charge in [0.1, 0.15) is 5.75 Å². The number of hydrogen-bond acceptors (Lipinski definition) is 6. The van der Waals surface area contributed by atoms with Crippen molar-refractivity contribution in [2.45, 2.75) is 31.2 Å². The number of para-hydroxylation sites is 1. The first-order valence-electron chi connectivity index (χ1n) is 7.14. The minimum atomic E-state index is -0.689. The molecule has 23 heavy (non-hydrogen) atoms. The van der Waals surface area contributed by atoms with Gasteiger partial charge in [-0.25, -0.2) is 0 Å². The van der Waals surface area contributed by atoms with Gasteiger partial charge in [-0.1, -0.05) is 60.7 Å². The van der Waals surface area contributed by atoms with Crippen LogP contribution in [0.2, 0.25) is 5.02 Å². The van der Waals surface area contributed by atoms with Gasteiger partial charge in [0.2, 0.25) is 5.13 Å². The lowest BCUT2D eigenvalue weighted by molar-refractivity contribution is -0.122. The van der Waals surface area contributed by atoms with Crippen molar-refractivity contribution in [2.24, 2.45) is 5.92 Å². The van der Waals surface area contributed by atoms with Crippen molar-refractivity contribution in [1.29, 1.82) is 0 Å². The van der Waals surface area contributed by atoms with E-state index in [1.165, 1.54) is 11.3 Å². The maximum atomic E-state index is 12.2. The normalized spacial score (nSPS) is 12.2. The van der Waals surface area contributed by atoms with Gasteiger partial charge in [0.05, 0.1) is 5.02 Å². The van der Waals surface area contributed by atoms with Gasteiger partial charge in [0.25, 0.3) is 5.91 Å². The minimum Gasteiger partial charge on any atom is -0.479 e. The maximum absolute atomic E-state index is 12.2. The average molecular weight is 372 g/mol. The Hall–Kier alpha value is -1.31. The smallest absolute Gasteiger partial charge is 0.266 e. The van der Waals surface area contributed by atoms with Crippen LogP contribution in [0.1, 0.15) is 20.8 Å². The zero-order valence-corrected chi connectivity index (χ0v) is 15.5. The molecule has 0 aliphatic rings. The number of rotatable bonds is 7. The molecule has 8 heteroatoms. The van der Waals surface area contributed by atoms with E-state index >= 15 is 0 Å². The number of ether oxygens (including phenoxy) is 1. The van der Waals surface area contributed by atoms with Gasteiger partial charge in [-0.2, -0.15) is 0 Å². The maximum Gasteiger partial charge on any atom is 0.266 e. The summed E-state index contributed by atoms with van der Waals surface area (Å²) in [4.78, 5) is 12.2. The van der Waals surface area contributed by atoms with Crippen molar-refractivity contribution in [3.8, 4) is 5.75 Å². The van der Waals surface area contributed by atoms with Crippen LogP contribution in [-0.2, 0) is 4.79 Å². The quantitative estimate of drug-likeness (QED) is 0.579. The highest BCUT2D eigenvalue weighted by atomic mass is 35.5. The number of aromatic nitrogens is 2. The zero-order valence-electron chi connectivity index (χ0n) is 13.1. The van der Waals surface area contributed by atoms with Crippen molar-refractivity contribution in [3.05, 3.63) is 29.3 Å². The molecule has 124 valence electrons. The van der Waals surface area contributed by atoms with Gasteiger partial charge in [0, 0.05) is 5.75 Å². The van der Waals surface area contributed by atoms with Gasteiger partial charge in [-0.15, -0.1) is 10.2 Å². The first-order valence-corrected chi connectivity index (χ1v) is 9.32. The Balaban J connectivity index is 1.90. The average Bonchev–Trinajstić information content (AvgIpc) is 2.95. The molecule has 1 unspecified atom stereocenters. The minimum absolute atomic E-state index is 0.290. The van der Waals surface area contributed by atoms with Crippen molar-refractivity contribution in [3.63, 3.8) is 0 Å². The van der Waals surface area contributed by atoms with E-state index < -0.39 is 6.10 Å². The van der Waals surface area contributed by atoms with Crippen molar-refractivity contribution >= 4 is 45.7 Å². The van der Waals surface area contributed by atoms with E-state index in [9.17, 15) is 4.79 Å².